The van der Waals surface area contributed by atoms with Crippen LogP contribution >= 0.6 is 0 Å². The van der Waals surface area contributed by atoms with Gasteiger partial charge in [-0.05, 0) is 51.4 Å². The summed E-state index contributed by atoms with van der Waals surface area (Å²) in [6.45, 7) is 4.30. The van der Waals surface area contributed by atoms with E-state index in [-0.39, 0.29) is 17.8 Å². The van der Waals surface area contributed by atoms with E-state index in [0.717, 1.165) is 24.1 Å². The summed E-state index contributed by atoms with van der Waals surface area (Å²) in [5.74, 6) is -0.133. The molecule has 5 heteroatoms. The summed E-state index contributed by atoms with van der Waals surface area (Å²) in [6, 6.07) is 7.77. The minimum Gasteiger partial charge on any atom is -0.466 e. The molecule has 1 N–H and O–H groups in total. The predicted octanol–water partition coefficient (Wildman–Crippen LogP) is 1.86. The number of likely N-dealkylation sites (N-methyl/N-ethyl adjacent to an activating group) is 1. The predicted molar refractivity (Wildman–Crippen MR) is 89.3 cm³/mol. The molecule has 23 heavy (non-hydrogen) atoms. The fourth-order valence-corrected chi connectivity index (χ4v) is 2.96. The van der Waals surface area contributed by atoms with Gasteiger partial charge >= 0.3 is 5.97 Å². The maximum absolute atomic E-state index is 12.8. The number of esters is 1. The Morgan fingerprint density at radius 3 is 2.61 bits per heavy atom. The molecule has 1 aliphatic rings. The van der Waals surface area contributed by atoms with Crippen LogP contribution in [0.1, 0.15) is 35.7 Å². The molecule has 0 aromatic heterocycles. The number of amides is 1. The van der Waals surface area contributed by atoms with E-state index in [1.54, 1.807) is 0 Å². The number of nitrogens with zero attached hydrogens (tertiary/aromatic N) is 1. The van der Waals surface area contributed by atoms with Gasteiger partial charge in [-0.3, -0.25) is 9.59 Å². The molecule has 1 aliphatic heterocycles. The van der Waals surface area contributed by atoms with Gasteiger partial charge in [0.05, 0.1) is 12.5 Å². The lowest BCUT2D eigenvalue weighted by molar-refractivity contribution is -0.149. The zero-order valence-corrected chi connectivity index (χ0v) is 14.0. The second kappa shape index (κ2) is 8.67. The van der Waals surface area contributed by atoms with Gasteiger partial charge < -0.3 is 15.0 Å². The van der Waals surface area contributed by atoms with Gasteiger partial charge in [0.2, 0.25) is 0 Å². The summed E-state index contributed by atoms with van der Waals surface area (Å²) in [4.78, 5) is 26.4. The highest BCUT2D eigenvalue weighted by atomic mass is 16.5. The summed E-state index contributed by atoms with van der Waals surface area (Å²) >= 11 is 0. The lowest BCUT2D eigenvalue weighted by atomic mass is 9.95. The zero-order chi connectivity index (χ0) is 16.7. The third-order valence-electron chi connectivity index (χ3n) is 4.29. The second-order valence-corrected chi connectivity index (χ2v) is 5.83. The topological polar surface area (TPSA) is 58.6 Å². The number of benzene rings is 1. The zero-order valence-electron chi connectivity index (χ0n) is 14.0. The van der Waals surface area contributed by atoms with Gasteiger partial charge in [0.1, 0.15) is 0 Å². The quantitative estimate of drug-likeness (QED) is 0.814. The van der Waals surface area contributed by atoms with E-state index in [2.05, 4.69) is 5.32 Å². The molecule has 5 nitrogen and oxygen atoms in total. The Morgan fingerprint density at radius 1 is 1.26 bits per heavy atom. The van der Waals surface area contributed by atoms with Crippen LogP contribution in [0.3, 0.4) is 0 Å². The monoisotopic (exact) mass is 318 g/mol. The Hall–Kier alpha value is -1.88. The van der Waals surface area contributed by atoms with Gasteiger partial charge in [-0.1, -0.05) is 18.2 Å². The molecule has 0 unspecified atom stereocenters. The molecule has 0 saturated carbocycles. The average Bonchev–Trinajstić information content (AvgIpc) is 2.60. The van der Waals surface area contributed by atoms with Crippen molar-refractivity contribution in [3.05, 3.63) is 35.4 Å². The summed E-state index contributed by atoms with van der Waals surface area (Å²) in [6.07, 6.45) is 2.20. The van der Waals surface area contributed by atoms with Gasteiger partial charge in [0.15, 0.2) is 0 Å². The van der Waals surface area contributed by atoms with Crippen LogP contribution < -0.4 is 5.32 Å². The minimum absolute atomic E-state index is 0.0685. The first-order valence-electron chi connectivity index (χ1n) is 8.35. The number of carbonyl (C=O) groups excluding carboxylic acids is 2. The van der Waals surface area contributed by atoms with Crippen molar-refractivity contribution in [1.29, 1.82) is 0 Å². The Morgan fingerprint density at radius 2 is 1.96 bits per heavy atom. The van der Waals surface area contributed by atoms with Crippen LogP contribution in [0.15, 0.2) is 24.3 Å². The van der Waals surface area contributed by atoms with Crippen LogP contribution in [-0.4, -0.2) is 50.1 Å². The summed E-state index contributed by atoms with van der Waals surface area (Å²) in [7, 11) is 1.91. The van der Waals surface area contributed by atoms with E-state index in [0.29, 0.717) is 32.5 Å². The third kappa shape index (κ3) is 4.55. The number of hydrogen-bond acceptors (Lipinski definition) is 4. The number of ether oxygens (including phenoxy) is 1. The average molecular weight is 318 g/mol. The summed E-state index contributed by atoms with van der Waals surface area (Å²) in [5.41, 5.74) is 1.84. The number of rotatable bonds is 6. The van der Waals surface area contributed by atoms with Crippen molar-refractivity contribution in [3.63, 3.8) is 0 Å². The van der Waals surface area contributed by atoms with Crippen LogP contribution in [0.25, 0.3) is 0 Å². The SMILES string of the molecule is CCOC(=O)C1CCN(C(=O)c2ccccc2CCNC)CC1. The fourth-order valence-electron chi connectivity index (χ4n) is 2.96. The Labute approximate surface area is 138 Å². The number of hydrogen-bond donors (Lipinski definition) is 1. The van der Waals surface area contributed by atoms with Crippen molar-refractivity contribution in [2.75, 3.05) is 33.3 Å². The maximum atomic E-state index is 12.8. The molecule has 0 aliphatic carbocycles. The Kier molecular flexibility index (Phi) is 6.59. The van der Waals surface area contributed by atoms with E-state index in [9.17, 15) is 9.59 Å². The molecule has 1 amide bonds. The largest absolute Gasteiger partial charge is 0.466 e. The van der Waals surface area contributed by atoms with Crippen molar-refractivity contribution < 1.29 is 14.3 Å². The van der Waals surface area contributed by atoms with Crippen molar-refractivity contribution in [3.8, 4) is 0 Å². The molecule has 1 fully saturated rings. The molecule has 1 aromatic rings. The maximum Gasteiger partial charge on any atom is 0.309 e. The van der Waals surface area contributed by atoms with Gasteiger partial charge in [-0.2, -0.15) is 0 Å². The van der Waals surface area contributed by atoms with Gasteiger partial charge in [-0.15, -0.1) is 0 Å². The molecule has 1 saturated heterocycles. The molecule has 1 heterocycles. The standard InChI is InChI=1S/C18H26N2O3/c1-3-23-18(22)15-9-12-20(13-10-15)17(21)16-7-5-4-6-14(16)8-11-19-2/h4-7,15,19H,3,8-13H2,1-2H3. The molecular formula is C18H26N2O3. The van der Waals surface area contributed by atoms with E-state index in [4.69, 9.17) is 4.74 Å². The number of nitrogens with one attached hydrogen (secondary N) is 1. The molecule has 0 radical (unpaired) electrons. The Bertz CT molecular complexity index is 537. The smallest absolute Gasteiger partial charge is 0.309 e. The number of piperidine rings is 1. The van der Waals surface area contributed by atoms with Crippen molar-refractivity contribution >= 4 is 11.9 Å². The van der Waals surface area contributed by atoms with Crippen LogP contribution in [-0.2, 0) is 16.0 Å². The van der Waals surface area contributed by atoms with Crippen LogP contribution in [0.2, 0.25) is 0 Å². The van der Waals surface area contributed by atoms with E-state index in [1.165, 1.54) is 0 Å². The first-order valence-corrected chi connectivity index (χ1v) is 8.35. The van der Waals surface area contributed by atoms with Crippen LogP contribution in [0.5, 0.6) is 0 Å². The Balaban J connectivity index is 1.98. The molecular weight excluding hydrogens is 292 g/mol. The van der Waals surface area contributed by atoms with Gasteiger partial charge in [-0.25, -0.2) is 0 Å². The normalized spacial score (nSPS) is 15.5. The van der Waals surface area contributed by atoms with E-state index < -0.39 is 0 Å². The first kappa shape index (κ1) is 17.5. The van der Waals surface area contributed by atoms with Crippen LogP contribution in [0, 0.1) is 5.92 Å². The molecule has 1 aromatic carbocycles. The van der Waals surface area contributed by atoms with Crippen LogP contribution in [0.4, 0.5) is 0 Å². The molecule has 0 bridgehead atoms. The van der Waals surface area contributed by atoms with Crippen molar-refractivity contribution in [2.24, 2.45) is 5.92 Å². The van der Waals surface area contributed by atoms with Crippen molar-refractivity contribution in [1.82, 2.24) is 10.2 Å². The highest BCUT2D eigenvalue weighted by Crippen LogP contribution is 2.21. The first-order chi connectivity index (χ1) is 11.2. The minimum atomic E-state index is -0.131. The number of likely N-dealkylation sites (tertiary alicyclic amines) is 1. The van der Waals surface area contributed by atoms with E-state index >= 15 is 0 Å². The lowest BCUT2D eigenvalue weighted by Crippen LogP contribution is -2.41. The fraction of sp³-hybridized carbons (Fsp3) is 0.556. The second-order valence-electron chi connectivity index (χ2n) is 5.83. The molecule has 2 rings (SSSR count). The molecule has 0 spiro atoms. The molecule has 0 atom stereocenters. The highest BCUT2D eigenvalue weighted by Gasteiger charge is 2.29. The third-order valence-corrected chi connectivity index (χ3v) is 4.29. The van der Waals surface area contributed by atoms with Crippen molar-refractivity contribution in [2.45, 2.75) is 26.2 Å². The lowest BCUT2D eigenvalue weighted by Gasteiger charge is -2.31. The summed E-state index contributed by atoms with van der Waals surface area (Å²) < 4.78 is 5.08. The number of carbonyl (C=O) groups is 2. The van der Waals surface area contributed by atoms with Gasteiger partial charge in [0, 0.05) is 18.7 Å². The summed E-state index contributed by atoms with van der Waals surface area (Å²) in [5, 5.41) is 3.12. The molecule has 126 valence electrons. The van der Waals surface area contributed by atoms with E-state index in [1.807, 2.05) is 43.1 Å². The highest BCUT2D eigenvalue weighted by molar-refractivity contribution is 5.95. The van der Waals surface area contributed by atoms with Gasteiger partial charge in [0.25, 0.3) is 5.91 Å².